The molecular formula is C24H28N2O4. The summed E-state index contributed by atoms with van der Waals surface area (Å²) in [6.45, 7) is 4.92. The summed E-state index contributed by atoms with van der Waals surface area (Å²) in [6, 6.07) is 11.6. The monoisotopic (exact) mass is 408 g/mol. The van der Waals surface area contributed by atoms with Crippen LogP contribution >= 0.6 is 0 Å². The number of ether oxygens (including phenoxy) is 2. The van der Waals surface area contributed by atoms with Crippen molar-refractivity contribution in [2.45, 2.75) is 45.1 Å². The minimum absolute atomic E-state index is 0.0574. The van der Waals surface area contributed by atoms with Gasteiger partial charge in [-0.2, -0.15) is 0 Å². The number of carbonyl (C=O) groups is 2. The fourth-order valence-corrected chi connectivity index (χ4v) is 4.48. The first kappa shape index (κ1) is 20.3. The Balaban J connectivity index is 1.44. The summed E-state index contributed by atoms with van der Waals surface area (Å²) in [6.07, 6.45) is 3.82. The summed E-state index contributed by atoms with van der Waals surface area (Å²) < 4.78 is 11.3. The lowest BCUT2D eigenvalue weighted by Gasteiger charge is -2.32. The molecule has 4 rings (SSSR count). The van der Waals surface area contributed by atoms with Gasteiger partial charge >= 0.3 is 0 Å². The minimum Gasteiger partial charge on any atom is -0.486 e. The van der Waals surface area contributed by atoms with Crippen molar-refractivity contribution in [3.63, 3.8) is 0 Å². The molecule has 6 nitrogen and oxygen atoms in total. The molecule has 0 unspecified atom stereocenters. The van der Waals surface area contributed by atoms with E-state index < -0.39 is 5.54 Å². The van der Waals surface area contributed by atoms with Gasteiger partial charge in [-0.05, 0) is 56.5 Å². The van der Waals surface area contributed by atoms with Gasteiger partial charge in [0.1, 0.15) is 13.2 Å². The van der Waals surface area contributed by atoms with E-state index >= 15 is 0 Å². The molecule has 0 bridgehead atoms. The molecule has 2 aromatic carbocycles. The highest BCUT2D eigenvalue weighted by Crippen LogP contribution is 2.42. The van der Waals surface area contributed by atoms with E-state index in [-0.39, 0.29) is 18.4 Å². The van der Waals surface area contributed by atoms with E-state index in [0.29, 0.717) is 18.8 Å². The second-order valence-corrected chi connectivity index (χ2v) is 8.25. The highest BCUT2D eigenvalue weighted by Gasteiger charge is 2.37. The molecule has 1 aliphatic carbocycles. The average molecular weight is 408 g/mol. The normalized spacial score (nSPS) is 16.7. The van der Waals surface area contributed by atoms with Crippen molar-refractivity contribution in [2.24, 2.45) is 0 Å². The quantitative estimate of drug-likeness (QED) is 0.795. The van der Waals surface area contributed by atoms with Gasteiger partial charge in [0.2, 0.25) is 5.91 Å². The molecule has 1 saturated carbocycles. The van der Waals surface area contributed by atoms with Crippen molar-refractivity contribution in [3.05, 3.63) is 58.7 Å². The number of rotatable bonds is 5. The largest absolute Gasteiger partial charge is 0.486 e. The van der Waals surface area contributed by atoms with E-state index in [4.69, 9.17) is 9.47 Å². The molecule has 0 aromatic heterocycles. The Morgan fingerprint density at radius 2 is 1.60 bits per heavy atom. The lowest BCUT2D eigenvalue weighted by Crippen LogP contribution is -2.48. The smallest absolute Gasteiger partial charge is 0.251 e. The molecule has 2 aliphatic rings. The van der Waals surface area contributed by atoms with Gasteiger partial charge in [0.15, 0.2) is 11.5 Å². The second kappa shape index (κ2) is 8.38. The lowest BCUT2D eigenvalue weighted by atomic mass is 9.87. The number of aryl methyl sites for hydroxylation is 2. The van der Waals surface area contributed by atoms with Crippen molar-refractivity contribution in [2.75, 3.05) is 19.8 Å². The molecule has 0 saturated heterocycles. The molecule has 6 heteroatoms. The van der Waals surface area contributed by atoms with E-state index in [1.807, 2.05) is 50.2 Å². The molecule has 2 aromatic rings. The van der Waals surface area contributed by atoms with Crippen molar-refractivity contribution >= 4 is 11.8 Å². The number of fused-ring (bicyclic) bond motifs is 1. The number of hydrogen-bond donors (Lipinski definition) is 2. The summed E-state index contributed by atoms with van der Waals surface area (Å²) in [7, 11) is 0. The maximum Gasteiger partial charge on any atom is 0.251 e. The van der Waals surface area contributed by atoms with Crippen molar-refractivity contribution in [1.82, 2.24) is 10.6 Å². The number of nitrogens with one attached hydrogen (secondary N) is 2. The Labute approximate surface area is 177 Å². The van der Waals surface area contributed by atoms with Gasteiger partial charge in [-0.3, -0.25) is 9.59 Å². The Bertz CT molecular complexity index is 943. The summed E-state index contributed by atoms with van der Waals surface area (Å²) in [5.74, 6) is 1.04. The van der Waals surface area contributed by atoms with Gasteiger partial charge in [-0.15, -0.1) is 0 Å². The maximum absolute atomic E-state index is 12.8. The standard InChI is InChI=1S/C24H28N2O4/c1-16-11-17(2)13-18(12-16)23(28)25-15-22(27)26-24(7-3-4-8-24)19-5-6-20-21(14-19)30-10-9-29-20/h5-6,11-14H,3-4,7-10,15H2,1-2H3,(H,25,28)(H,26,27). The highest BCUT2D eigenvalue weighted by atomic mass is 16.6. The Morgan fingerprint density at radius 1 is 0.933 bits per heavy atom. The minimum atomic E-state index is -0.433. The number of benzene rings is 2. The van der Waals surface area contributed by atoms with E-state index in [9.17, 15) is 9.59 Å². The molecule has 0 spiro atoms. The Morgan fingerprint density at radius 3 is 2.30 bits per heavy atom. The fourth-order valence-electron chi connectivity index (χ4n) is 4.48. The first-order valence-corrected chi connectivity index (χ1v) is 10.5. The number of carbonyl (C=O) groups excluding carboxylic acids is 2. The third-order valence-electron chi connectivity index (χ3n) is 5.82. The van der Waals surface area contributed by atoms with Crippen LogP contribution in [-0.2, 0) is 10.3 Å². The zero-order valence-corrected chi connectivity index (χ0v) is 17.5. The van der Waals surface area contributed by atoms with E-state index in [0.717, 1.165) is 53.9 Å². The van der Waals surface area contributed by atoms with E-state index in [2.05, 4.69) is 10.6 Å². The van der Waals surface area contributed by atoms with Crippen LogP contribution in [-0.4, -0.2) is 31.6 Å². The van der Waals surface area contributed by atoms with Crippen molar-refractivity contribution in [1.29, 1.82) is 0 Å². The third kappa shape index (κ3) is 4.27. The van der Waals surface area contributed by atoms with Crippen LogP contribution in [0, 0.1) is 13.8 Å². The molecule has 158 valence electrons. The molecule has 1 heterocycles. The third-order valence-corrected chi connectivity index (χ3v) is 5.82. The SMILES string of the molecule is Cc1cc(C)cc(C(=O)NCC(=O)NC2(c3ccc4c(c3)OCCO4)CCCC2)c1. The van der Waals surface area contributed by atoms with Gasteiger partial charge < -0.3 is 20.1 Å². The van der Waals surface area contributed by atoms with Crippen LogP contribution in [0.4, 0.5) is 0 Å². The molecule has 1 aliphatic heterocycles. The van der Waals surface area contributed by atoms with E-state index in [1.54, 1.807) is 0 Å². The Hall–Kier alpha value is -3.02. The van der Waals surface area contributed by atoms with Crippen molar-refractivity contribution < 1.29 is 19.1 Å². The van der Waals surface area contributed by atoms with E-state index in [1.165, 1.54) is 0 Å². The van der Waals surface area contributed by atoms with Gasteiger partial charge in [0.05, 0.1) is 12.1 Å². The molecule has 2 N–H and O–H groups in total. The molecule has 1 fully saturated rings. The summed E-state index contributed by atoms with van der Waals surface area (Å²) in [5, 5.41) is 5.95. The first-order chi connectivity index (χ1) is 14.4. The van der Waals surface area contributed by atoms with Gasteiger partial charge in [-0.1, -0.05) is 36.1 Å². The molecule has 0 radical (unpaired) electrons. The molecule has 0 atom stereocenters. The van der Waals surface area contributed by atoms with Crippen LogP contribution in [0.3, 0.4) is 0 Å². The first-order valence-electron chi connectivity index (χ1n) is 10.5. The second-order valence-electron chi connectivity index (χ2n) is 8.25. The van der Waals surface area contributed by atoms with Crippen LogP contribution in [0.5, 0.6) is 11.5 Å². The van der Waals surface area contributed by atoms with Crippen LogP contribution in [0.1, 0.15) is 52.7 Å². The average Bonchev–Trinajstić information content (AvgIpc) is 3.20. The van der Waals surface area contributed by atoms with Gasteiger partial charge in [0, 0.05) is 5.56 Å². The molecule has 30 heavy (non-hydrogen) atoms. The fraction of sp³-hybridized carbons (Fsp3) is 0.417. The maximum atomic E-state index is 12.8. The van der Waals surface area contributed by atoms with Crippen LogP contribution in [0.15, 0.2) is 36.4 Å². The zero-order valence-electron chi connectivity index (χ0n) is 17.5. The predicted octanol–water partition coefficient (Wildman–Crippen LogP) is 3.39. The van der Waals surface area contributed by atoms with Gasteiger partial charge in [0.25, 0.3) is 5.91 Å². The van der Waals surface area contributed by atoms with Crippen LogP contribution < -0.4 is 20.1 Å². The summed E-state index contributed by atoms with van der Waals surface area (Å²) in [4.78, 5) is 25.2. The predicted molar refractivity (Wildman–Crippen MR) is 114 cm³/mol. The number of amides is 2. The molecule has 2 amide bonds. The van der Waals surface area contributed by atoms with Crippen LogP contribution in [0.2, 0.25) is 0 Å². The van der Waals surface area contributed by atoms with Gasteiger partial charge in [-0.25, -0.2) is 0 Å². The summed E-state index contributed by atoms with van der Waals surface area (Å²) in [5.41, 5.74) is 3.21. The topological polar surface area (TPSA) is 76.7 Å². The van der Waals surface area contributed by atoms with Crippen molar-refractivity contribution in [3.8, 4) is 11.5 Å². The van der Waals surface area contributed by atoms with Crippen LogP contribution in [0.25, 0.3) is 0 Å². The molecular weight excluding hydrogens is 380 g/mol. The number of hydrogen-bond acceptors (Lipinski definition) is 4. The lowest BCUT2D eigenvalue weighted by molar-refractivity contribution is -0.122. The Kier molecular flexibility index (Phi) is 5.66. The highest BCUT2D eigenvalue weighted by molar-refractivity contribution is 5.96. The summed E-state index contributed by atoms with van der Waals surface area (Å²) >= 11 is 0. The zero-order chi connectivity index (χ0) is 21.1.